The predicted molar refractivity (Wildman–Crippen MR) is 114 cm³/mol. The Labute approximate surface area is 171 Å². The predicted octanol–water partition coefficient (Wildman–Crippen LogP) is 5.50. The van der Waals surface area contributed by atoms with Crippen LogP contribution in [0.1, 0.15) is 55.9 Å². The standard InChI is InChI=1S/C24H30N2OS/c1-4-26-21(20-7-5-15(2)6-8-20)16(3)28-23(26)25-22(27)24-12-17-9-18(13-24)11-19(10-17)14-24/h5-8,17-19H,4,9-14H2,1-3H3. The van der Waals surface area contributed by atoms with Crippen molar-refractivity contribution in [2.45, 2.75) is 65.8 Å². The summed E-state index contributed by atoms with van der Waals surface area (Å²) in [7, 11) is 0. The number of aryl methyl sites for hydroxylation is 2. The van der Waals surface area contributed by atoms with Crippen LogP contribution in [0.5, 0.6) is 0 Å². The molecule has 0 radical (unpaired) electrons. The maximum Gasteiger partial charge on any atom is 0.254 e. The fraction of sp³-hybridized carbons (Fsp3) is 0.583. The average molecular weight is 395 g/mol. The van der Waals surface area contributed by atoms with E-state index in [1.54, 1.807) is 11.3 Å². The van der Waals surface area contributed by atoms with Crippen LogP contribution in [0.3, 0.4) is 0 Å². The molecule has 28 heavy (non-hydrogen) atoms. The zero-order valence-electron chi connectivity index (χ0n) is 17.2. The second-order valence-corrected chi connectivity index (χ2v) is 10.7. The first kappa shape index (κ1) is 18.4. The van der Waals surface area contributed by atoms with Gasteiger partial charge in [0.05, 0.1) is 11.1 Å². The highest BCUT2D eigenvalue weighted by molar-refractivity contribution is 7.09. The lowest BCUT2D eigenvalue weighted by atomic mass is 9.49. The third-order valence-corrected chi connectivity index (χ3v) is 8.40. The molecule has 4 aliphatic rings. The van der Waals surface area contributed by atoms with Crippen LogP contribution in [0.4, 0.5) is 0 Å². The molecule has 1 aromatic heterocycles. The van der Waals surface area contributed by atoms with Gasteiger partial charge in [0.2, 0.25) is 0 Å². The highest BCUT2D eigenvalue weighted by atomic mass is 32.1. The molecule has 1 aromatic carbocycles. The van der Waals surface area contributed by atoms with Crippen LogP contribution in [0.15, 0.2) is 29.3 Å². The van der Waals surface area contributed by atoms with Crippen molar-refractivity contribution >= 4 is 17.2 Å². The normalized spacial score (nSPS) is 31.5. The van der Waals surface area contributed by atoms with Gasteiger partial charge in [0.1, 0.15) is 0 Å². The van der Waals surface area contributed by atoms with Gasteiger partial charge in [-0.15, -0.1) is 11.3 Å². The molecule has 1 heterocycles. The molecule has 0 unspecified atom stereocenters. The molecular formula is C24H30N2OS. The molecule has 2 aromatic rings. The number of carbonyl (C=O) groups excluding carboxylic acids is 1. The van der Waals surface area contributed by atoms with Gasteiger partial charge in [0.25, 0.3) is 5.91 Å². The molecule has 0 N–H and O–H groups in total. The van der Waals surface area contributed by atoms with Crippen molar-refractivity contribution < 1.29 is 4.79 Å². The van der Waals surface area contributed by atoms with Gasteiger partial charge in [-0.05, 0) is 82.6 Å². The van der Waals surface area contributed by atoms with Crippen molar-refractivity contribution in [1.82, 2.24) is 4.57 Å². The zero-order chi connectivity index (χ0) is 19.5. The van der Waals surface area contributed by atoms with E-state index < -0.39 is 0 Å². The summed E-state index contributed by atoms with van der Waals surface area (Å²) in [5.74, 6) is 2.50. The largest absolute Gasteiger partial charge is 0.316 e. The first-order valence-corrected chi connectivity index (χ1v) is 11.7. The molecule has 1 amide bonds. The molecule has 4 saturated carbocycles. The van der Waals surface area contributed by atoms with Crippen LogP contribution >= 0.6 is 11.3 Å². The Kier molecular flexibility index (Phi) is 4.38. The molecule has 3 nitrogen and oxygen atoms in total. The molecule has 0 saturated heterocycles. The lowest BCUT2D eigenvalue weighted by Crippen LogP contribution is -2.49. The second-order valence-electron chi connectivity index (χ2n) is 9.51. The molecular weight excluding hydrogens is 364 g/mol. The third kappa shape index (κ3) is 2.92. The van der Waals surface area contributed by atoms with Gasteiger partial charge in [-0.2, -0.15) is 4.99 Å². The Hall–Kier alpha value is -1.68. The molecule has 0 atom stereocenters. The number of amides is 1. The number of aromatic nitrogens is 1. The van der Waals surface area contributed by atoms with Gasteiger partial charge < -0.3 is 4.57 Å². The van der Waals surface area contributed by atoms with Gasteiger partial charge in [0, 0.05) is 11.4 Å². The first-order chi connectivity index (χ1) is 13.5. The van der Waals surface area contributed by atoms with Gasteiger partial charge in [-0.1, -0.05) is 29.8 Å². The minimum atomic E-state index is -0.151. The van der Waals surface area contributed by atoms with Crippen LogP contribution in [0, 0.1) is 37.0 Å². The summed E-state index contributed by atoms with van der Waals surface area (Å²) in [6.45, 7) is 7.25. The number of hydrogen-bond acceptors (Lipinski definition) is 2. The van der Waals surface area contributed by atoms with Crippen molar-refractivity contribution in [2.75, 3.05) is 0 Å². The summed E-state index contributed by atoms with van der Waals surface area (Å²) in [6.07, 6.45) is 7.33. The Bertz CT molecular complexity index is 944. The van der Waals surface area contributed by atoms with E-state index in [0.29, 0.717) is 0 Å². The molecule has 0 spiro atoms. The van der Waals surface area contributed by atoms with E-state index in [-0.39, 0.29) is 11.3 Å². The Balaban J connectivity index is 1.54. The monoisotopic (exact) mass is 394 g/mol. The Morgan fingerprint density at radius 1 is 1.07 bits per heavy atom. The highest BCUT2D eigenvalue weighted by Crippen LogP contribution is 2.60. The molecule has 4 bridgehead atoms. The minimum absolute atomic E-state index is 0.151. The number of thiazole rings is 1. The Morgan fingerprint density at radius 2 is 1.64 bits per heavy atom. The van der Waals surface area contributed by atoms with E-state index in [0.717, 1.165) is 48.4 Å². The number of hydrogen-bond donors (Lipinski definition) is 0. The maximum atomic E-state index is 13.5. The van der Waals surface area contributed by atoms with Gasteiger partial charge in [-0.25, -0.2) is 0 Å². The quantitative estimate of drug-likeness (QED) is 0.677. The van der Waals surface area contributed by atoms with Crippen LogP contribution in [-0.4, -0.2) is 10.5 Å². The SMILES string of the molecule is CCn1c(-c2ccc(C)cc2)c(C)sc1=NC(=O)C12CC3CC(CC(C3)C1)C2. The van der Waals surface area contributed by atoms with E-state index >= 15 is 0 Å². The van der Waals surface area contributed by atoms with Crippen molar-refractivity contribution in [3.63, 3.8) is 0 Å². The summed E-state index contributed by atoms with van der Waals surface area (Å²) >= 11 is 1.67. The lowest BCUT2D eigenvalue weighted by Gasteiger charge is -2.55. The molecule has 6 rings (SSSR count). The Morgan fingerprint density at radius 3 is 2.18 bits per heavy atom. The molecule has 0 aliphatic heterocycles. The van der Waals surface area contributed by atoms with Crippen molar-refractivity contribution in [3.8, 4) is 11.3 Å². The van der Waals surface area contributed by atoms with Crippen molar-refractivity contribution in [3.05, 3.63) is 39.5 Å². The highest BCUT2D eigenvalue weighted by Gasteiger charge is 2.54. The van der Waals surface area contributed by atoms with Crippen LogP contribution in [-0.2, 0) is 11.3 Å². The molecule has 4 fully saturated rings. The van der Waals surface area contributed by atoms with Crippen LogP contribution in [0.25, 0.3) is 11.3 Å². The van der Waals surface area contributed by atoms with Crippen molar-refractivity contribution in [2.24, 2.45) is 28.2 Å². The molecule has 148 valence electrons. The summed E-state index contributed by atoms with van der Waals surface area (Å²) < 4.78 is 2.24. The number of rotatable bonds is 3. The van der Waals surface area contributed by atoms with Gasteiger partial charge >= 0.3 is 0 Å². The summed E-state index contributed by atoms with van der Waals surface area (Å²) in [5.41, 5.74) is 3.54. The number of benzene rings is 1. The fourth-order valence-corrected chi connectivity index (χ4v) is 7.61. The number of carbonyl (C=O) groups is 1. The fourth-order valence-electron chi connectivity index (χ4n) is 6.55. The smallest absolute Gasteiger partial charge is 0.254 e. The van der Waals surface area contributed by atoms with Crippen LogP contribution < -0.4 is 4.80 Å². The topological polar surface area (TPSA) is 34.4 Å². The summed E-state index contributed by atoms with van der Waals surface area (Å²) in [4.78, 5) is 20.4. The molecule has 4 aliphatic carbocycles. The number of nitrogens with zero attached hydrogens (tertiary/aromatic N) is 2. The summed E-state index contributed by atoms with van der Waals surface area (Å²) in [5, 5.41) is 0. The van der Waals surface area contributed by atoms with Gasteiger partial charge in [-0.3, -0.25) is 4.79 Å². The lowest BCUT2D eigenvalue weighted by molar-refractivity contribution is -0.142. The van der Waals surface area contributed by atoms with E-state index in [9.17, 15) is 4.79 Å². The van der Waals surface area contributed by atoms with E-state index in [1.807, 2.05) is 0 Å². The van der Waals surface area contributed by atoms with E-state index in [4.69, 9.17) is 4.99 Å². The molecule has 4 heteroatoms. The second kappa shape index (κ2) is 6.69. The zero-order valence-corrected chi connectivity index (χ0v) is 18.0. The van der Waals surface area contributed by atoms with E-state index in [1.165, 1.54) is 41.0 Å². The maximum absolute atomic E-state index is 13.5. The third-order valence-electron chi connectivity index (χ3n) is 7.41. The van der Waals surface area contributed by atoms with Crippen LogP contribution in [0.2, 0.25) is 0 Å². The first-order valence-electron chi connectivity index (χ1n) is 10.8. The van der Waals surface area contributed by atoms with Crippen molar-refractivity contribution in [1.29, 1.82) is 0 Å². The summed E-state index contributed by atoms with van der Waals surface area (Å²) in [6, 6.07) is 8.68. The average Bonchev–Trinajstić information content (AvgIpc) is 2.96. The van der Waals surface area contributed by atoms with Gasteiger partial charge in [0.15, 0.2) is 4.80 Å². The van der Waals surface area contributed by atoms with E-state index in [2.05, 4.69) is 49.6 Å². The minimum Gasteiger partial charge on any atom is -0.316 e.